The Kier molecular flexibility index (Phi) is 3.10. The first-order valence-electron chi connectivity index (χ1n) is 5.00. The van der Waals surface area contributed by atoms with Crippen molar-refractivity contribution in [2.24, 2.45) is 0 Å². The third kappa shape index (κ3) is 2.31. The van der Waals surface area contributed by atoms with Crippen molar-refractivity contribution >= 4 is 0 Å². The molecule has 72 valence electrons. The van der Waals surface area contributed by atoms with Crippen LogP contribution < -0.4 is 0 Å². The Bertz CT molecular complexity index is 274. The van der Waals surface area contributed by atoms with E-state index in [-0.39, 0.29) is 0 Å². The average Bonchev–Trinajstić information content (AvgIpc) is 2.89. The van der Waals surface area contributed by atoms with Crippen LogP contribution in [0.15, 0.2) is 24.3 Å². The monoisotopic (exact) mass is 178 g/mol. The second-order valence-electron chi connectivity index (χ2n) is 3.40. The first-order valence-corrected chi connectivity index (χ1v) is 5.00. The second-order valence-corrected chi connectivity index (χ2v) is 3.40. The molecule has 0 spiro atoms. The van der Waals surface area contributed by atoms with Crippen LogP contribution in [-0.4, -0.2) is 5.11 Å². The van der Waals surface area contributed by atoms with Crippen LogP contribution in [0.25, 0.3) is 0 Å². The van der Waals surface area contributed by atoms with Crippen molar-refractivity contribution in [1.82, 2.24) is 0 Å². The van der Waals surface area contributed by atoms with E-state index in [9.17, 15) is 5.11 Å². The molecule has 1 aromatic rings. The predicted octanol–water partition coefficient (Wildman–Crippen LogP) is 3.00. The molecule has 0 heterocycles. The largest absolute Gasteiger partial charge is 0.385 e. The minimum absolute atomic E-state index is 0.466. The molecule has 1 heteroatoms. The van der Waals surface area contributed by atoms with E-state index >= 15 is 0 Å². The van der Waals surface area contributed by atoms with Crippen LogP contribution >= 0.6 is 0 Å². The maximum Gasteiger partial charge on any atom is 0.0899 e. The van der Waals surface area contributed by atoms with Crippen molar-refractivity contribution in [1.29, 1.82) is 0 Å². The molecular formula is C12H18O. The van der Waals surface area contributed by atoms with Gasteiger partial charge in [-0.25, -0.2) is 0 Å². The number of rotatable bonds is 1. The van der Waals surface area contributed by atoms with Crippen molar-refractivity contribution in [2.45, 2.75) is 39.2 Å². The topological polar surface area (TPSA) is 20.2 Å². The van der Waals surface area contributed by atoms with Crippen molar-refractivity contribution in [3.63, 3.8) is 0 Å². The van der Waals surface area contributed by atoms with E-state index in [1.807, 2.05) is 26.0 Å². The van der Waals surface area contributed by atoms with Crippen LogP contribution in [0.1, 0.15) is 37.8 Å². The summed E-state index contributed by atoms with van der Waals surface area (Å²) in [6, 6.07) is 8.11. The van der Waals surface area contributed by atoms with Crippen LogP contribution in [0.5, 0.6) is 0 Å². The predicted molar refractivity (Wildman–Crippen MR) is 55.7 cm³/mol. The second kappa shape index (κ2) is 3.93. The van der Waals surface area contributed by atoms with Gasteiger partial charge in [-0.05, 0) is 25.3 Å². The Labute approximate surface area is 80.4 Å². The van der Waals surface area contributed by atoms with Crippen LogP contribution in [0.4, 0.5) is 0 Å². The molecule has 13 heavy (non-hydrogen) atoms. The zero-order valence-corrected chi connectivity index (χ0v) is 8.67. The van der Waals surface area contributed by atoms with E-state index in [0.717, 1.165) is 18.4 Å². The molecule has 0 saturated heterocycles. The summed E-state index contributed by atoms with van der Waals surface area (Å²) in [4.78, 5) is 0. The number of benzene rings is 1. The zero-order chi connectivity index (χ0) is 9.90. The fraction of sp³-hybridized carbons (Fsp3) is 0.500. The van der Waals surface area contributed by atoms with Gasteiger partial charge in [-0.3, -0.25) is 0 Å². The van der Waals surface area contributed by atoms with E-state index in [1.54, 1.807) is 0 Å². The van der Waals surface area contributed by atoms with Gasteiger partial charge in [0, 0.05) is 0 Å². The smallest absolute Gasteiger partial charge is 0.0899 e. The van der Waals surface area contributed by atoms with E-state index in [4.69, 9.17) is 0 Å². The maximum atomic E-state index is 9.72. The van der Waals surface area contributed by atoms with Gasteiger partial charge >= 0.3 is 0 Å². The fourth-order valence-electron chi connectivity index (χ4n) is 1.34. The summed E-state index contributed by atoms with van der Waals surface area (Å²) in [7, 11) is 0. The van der Waals surface area contributed by atoms with Gasteiger partial charge < -0.3 is 5.11 Å². The Balaban J connectivity index is 0.000000396. The highest BCUT2D eigenvalue weighted by atomic mass is 16.3. The summed E-state index contributed by atoms with van der Waals surface area (Å²) in [5.74, 6) is 0. The number of aliphatic hydroxyl groups is 1. The van der Waals surface area contributed by atoms with E-state index in [1.165, 1.54) is 5.56 Å². The Hall–Kier alpha value is -0.820. The molecule has 1 saturated carbocycles. The molecule has 0 aliphatic heterocycles. The van der Waals surface area contributed by atoms with Crippen molar-refractivity contribution in [2.75, 3.05) is 0 Å². The van der Waals surface area contributed by atoms with Gasteiger partial charge in [0.05, 0.1) is 5.60 Å². The lowest BCUT2D eigenvalue weighted by molar-refractivity contribution is 0.151. The third-order valence-corrected chi connectivity index (χ3v) is 2.28. The first kappa shape index (κ1) is 10.3. The normalized spacial score (nSPS) is 17.2. The molecular weight excluding hydrogens is 160 g/mol. The average molecular weight is 178 g/mol. The lowest BCUT2D eigenvalue weighted by atomic mass is 10.1. The third-order valence-electron chi connectivity index (χ3n) is 2.28. The summed E-state index contributed by atoms with van der Waals surface area (Å²) < 4.78 is 0. The maximum absolute atomic E-state index is 9.72. The lowest BCUT2D eigenvalue weighted by Crippen LogP contribution is -2.03. The molecule has 0 radical (unpaired) electrons. The summed E-state index contributed by atoms with van der Waals surface area (Å²) >= 11 is 0. The van der Waals surface area contributed by atoms with E-state index in [0.29, 0.717) is 0 Å². The van der Waals surface area contributed by atoms with Gasteiger partial charge in [-0.2, -0.15) is 0 Å². The summed E-state index contributed by atoms with van der Waals surface area (Å²) in [5, 5.41) is 9.72. The number of hydrogen-bond donors (Lipinski definition) is 1. The molecule has 1 fully saturated rings. The van der Waals surface area contributed by atoms with Crippen LogP contribution in [0.3, 0.4) is 0 Å². The molecule has 1 aromatic carbocycles. The van der Waals surface area contributed by atoms with Crippen molar-refractivity contribution in [3.05, 3.63) is 35.4 Å². The zero-order valence-electron chi connectivity index (χ0n) is 8.67. The highest BCUT2D eigenvalue weighted by Crippen LogP contribution is 2.45. The number of aryl methyl sites for hydroxylation is 1. The molecule has 2 rings (SSSR count). The molecule has 0 bridgehead atoms. The minimum Gasteiger partial charge on any atom is -0.385 e. The van der Waals surface area contributed by atoms with Gasteiger partial charge in [-0.15, -0.1) is 0 Å². The molecule has 1 N–H and O–H groups in total. The molecule has 0 unspecified atom stereocenters. The highest BCUT2D eigenvalue weighted by molar-refractivity contribution is 5.30. The molecule has 1 nitrogen and oxygen atoms in total. The van der Waals surface area contributed by atoms with Crippen molar-refractivity contribution < 1.29 is 5.11 Å². The SMILES string of the molecule is CC.Cc1cccc(C2(O)CC2)c1. The van der Waals surface area contributed by atoms with Gasteiger partial charge in [0.1, 0.15) is 0 Å². The Morgan fingerprint density at radius 1 is 1.23 bits per heavy atom. The molecule has 0 atom stereocenters. The quantitative estimate of drug-likeness (QED) is 0.701. The van der Waals surface area contributed by atoms with E-state index < -0.39 is 5.60 Å². The van der Waals surface area contributed by atoms with Gasteiger partial charge in [-0.1, -0.05) is 43.7 Å². The van der Waals surface area contributed by atoms with E-state index in [2.05, 4.69) is 19.1 Å². The summed E-state index contributed by atoms with van der Waals surface area (Å²) in [6.07, 6.45) is 1.85. The molecule has 1 aliphatic rings. The van der Waals surface area contributed by atoms with Crippen LogP contribution in [0, 0.1) is 6.92 Å². The Morgan fingerprint density at radius 3 is 2.31 bits per heavy atom. The summed E-state index contributed by atoms with van der Waals surface area (Å²) in [6.45, 7) is 6.05. The minimum atomic E-state index is -0.466. The molecule has 1 aliphatic carbocycles. The lowest BCUT2D eigenvalue weighted by Gasteiger charge is -2.07. The van der Waals surface area contributed by atoms with Crippen LogP contribution in [-0.2, 0) is 5.60 Å². The van der Waals surface area contributed by atoms with Gasteiger partial charge in [0.25, 0.3) is 0 Å². The summed E-state index contributed by atoms with van der Waals surface area (Å²) in [5.41, 5.74) is 1.84. The molecule has 0 aromatic heterocycles. The highest BCUT2D eigenvalue weighted by Gasteiger charge is 2.41. The van der Waals surface area contributed by atoms with Crippen LogP contribution in [0.2, 0.25) is 0 Å². The standard InChI is InChI=1S/C10H12O.C2H6/c1-8-3-2-4-9(7-8)10(11)5-6-10;1-2/h2-4,7,11H,5-6H2,1H3;1-2H3. The van der Waals surface area contributed by atoms with Gasteiger partial charge in [0.15, 0.2) is 0 Å². The fourth-order valence-corrected chi connectivity index (χ4v) is 1.34. The number of hydrogen-bond acceptors (Lipinski definition) is 1. The Morgan fingerprint density at radius 2 is 1.85 bits per heavy atom. The van der Waals surface area contributed by atoms with Crippen molar-refractivity contribution in [3.8, 4) is 0 Å². The first-order chi connectivity index (χ1) is 6.21. The van der Waals surface area contributed by atoms with Gasteiger partial charge in [0.2, 0.25) is 0 Å². The molecule has 0 amide bonds.